The molecule has 3 rings (SSSR count). The largest absolute Gasteiger partial charge is 0.487 e. The van der Waals surface area contributed by atoms with E-state index >= 15 is 0 Å². The SMILES string of the molecule is NS(=O)(=O)c1ccc(OCC2C[C@@H]3C[C@H]2C(O)[C@H]3O)c([N+](=O)[O-])c1. The molecule has 2 aliphatic rings. The minimum absolute atomic E-state index is 0.00841. The fourth-order valence-electron chi connectivity index (χ4n) is 3.76. The molecule has 2 aliphatic carbocycles. The summed E-state index contributed by atoms with van der Waals surface area (Å²) in [5.41, 5.74) is -0.481. The van der Waals surface area contributed by atoms with Crippen molar-refractivity contribution in [3.63, 3.8) is 0 Å². The lowest BCUT2D eigenvalue weighted by Crippen LogP contribution is -2.38. The van der Waals surface area contributed by atoms with E-state index in [1.165, 1.54) is 6.07 Å². The molecule has 1 aromatic rings. The molecule has 0 heterocycles. The molecule has 10 heteroatoms. The lowest BCUT2D eigenvalue weighted by Gasteiger charge is -2.29. The van der Waals surface area contributed by atoms with Gasteiger partial charge in [-0.2, -0.15) is 0 Å². The van der Waals surface area contributed by atoms with Gasteiger partial charge >= 0.3 is 5.69 Å². The Hall–Kier alpha value is -1.75. The highest BCUT2D eigenvalue weighted by Crippen LogP contribution is 2.48. The first-order valence-electron chi connectivity index (χ1n) is 7.48. The van der Waals surface area contributed by atoms with Gasteiger partial charge in [-0.25, -0.2) is 13.6 Å². The molecule has 132 valence electrons. The molecule has 1 aromatic carbocycles. The standard InChI is InChI=1S/C14H18N2O7S/c15-24(21,22)9-1-2-12(11(5-9)16(19)20)23-6-8-3-7-4-10(8)14(18)13(7)17/h1-2,5,7-8,10,13-14,17-18H,3-4,6H2,(H2,15,21,22)/t7-,8?,10-,13+,14?/m1/s1. The molecule has 2 saturated carbocycles. The van der Waals surface area contributed by atoms with E-state index in [0.29, 0.717) is 12.8 Å². The third-order valence-electron chi connectivity index (χ3n) is 4.97. The minimum atomic E-state index is -4.05. The highest BCUT2D eigenvalue weighted by Gasteiger charge is 2.51. The number of rotatable bonds is 5. The summed E-state index contributed by atoms with van der Waals surface area (Å²) in [6.07, 6.45) is -0.110. The van der Waals surface area contributed by atoms with Gasteiger partial charge in [0.1, 0.15) is 0 Å². The van der Waals surface area contributed by atoms with Crippen molar-refractivity contribution < 1.29 is 28.3 Å². The average Bonchev–Trinajstić information content (AvgIpc) is 3.04. The second-order valence-corrected chi connectivity index (χ2v) is 7.94. The van der Waals surface area contributed by atoms with E-state index in [-0.39, 0.29) is 35.0 Å². The molecule has 2 unspecified atom stereocenters. The van der Waals surface area contributed by atoms with E-state index in [1.807, 2.05) is 0 Å². The number of benzene rings is 1. The normalized spacial score (nSPS) is 32.0. The number of hydrogen-bond donors (Lipinski definition) is 3. The molecule has 2 bridgehead atoms. The maximum absolute atomic E-state index is 11.3. The van der Waals surface area contributed by atoms with E-state index in [1.54, 1.807) is 0 Å². The maximum Gasteiger partial charge on any atom is 0.312 e. The molecule has 0 spiro atoms. The summed E-state index contributed by atoms with van der Waals surface area (Å²) in [5.74, 6) is -0.123. The lowest BCUT2D eigenvalue weighted by molar-refractivity contribution is -0.386. The maximum atomic E-state index is 11.3. The molecule has 2 fully saturated rings. The fourth-order valence-corrected chi connectivity index (χ4v) is 4.29. The molecule has 0 saturated heterocycles. The third-order valence-corrected chi connectivity index (χ3v) is 5.88. The number of primary sulfonamides is 1. The van der Waals surface area contributed by atoms with Crippen LogP contribution < -0.4 is 9.88 Å². The number of fused-ring (bicyclic) bond motifs is 2. The number of nitro benzene ring substituents is 1. The van der Waals surface area contributed by atoms with Crippen molar-refractivity contribution in [2.75, 3.05) is 6.61 Å². The molecule has 0 aliphatic heterocycles. The predicted octanol–water partition coefficient (Wildman–Crippen LogP) is -0.00120. The van der Waals surface area contributed by atoms with Gasteiger partial charge in [0.15, 0.2) is 5.75 Å². The summed E-state index contributed by atoms with van der Waals surface area (Å²) in [7, 11) is -4.05. The summed E-state index contributed by atoms with van der Waals surface area (Å²) >= 11 is 0. The van der Waals surface area contributed by atoms with Crippen molar-refractivity contribution >= 4 is 15.7 Å². The monoisotopic (exact) mass is 358 g/mol. The van der Waals surface area contributed by atoms with Crippen molar-refractivity contribution in [1.82, 2.24) is 0 Å². The Labute approximate surface area is 138 Å². The van der Waals surface area contributed by atoms with Crippen LogP contribution in [0.2, 0.25) is 0 Å². The van der Waals surface area contributed by atoms with E-state index in [9.17, 15) is 28.7 Å². The summed E-state index contributed by atoms with van der Waals surface area (Å²) in [5, 5.41) is 35.8. The van der Waals surface area contributed by atoms with Crippen molar-refractivity contribution in [1.29, 1.82) is 0 Å². The zero-order valence-corrected chi connectivity index (χ0v) is 13.4. The molecule has 0 amide bonds. The quantitative estimate of drug-likeness (QED) is 0.494. The van der Waals surface area contributed by atoms with Gasteiger partial charge in [0, 0.05) is 6.07 Å². The first-order chi connectivity index (χ1) is 11.2. The minimum Gasteiger partial charge on any atom is -0.487 e. The highest BCUT2D eigenvalue weighted by molar-refractivity contribution is 7.89. The Morgan fingerprint density at radius 1 is 1.29 bits per heavy atom. The van der Waals surface area contributed by atoms with Gasteiger partial charge in [-0.05, 0) is 42.7 Å². The molecule has 4 N–H and O–H groups in total. The first-order valence-corrected chi connectivity index (χ1v) is 9.03. The zero-order valence-electron chi connectivity index (χ0n) is 12.6. The predicted molar refractivity (Wildman–Crippen MR) is 81.7 cm³/mol. The van der Waals surface area contributed by atoms with E-state index in [2.05, 4.69) is 0 Å². The number of nitrogens with two attached hydrogens (primary N) is 1. The Kier molecular flexibility index (Phi) is 4.24. The number of sulfonamides is 1. The van der Waals surface area contributed by atoms with Crippen molar-refractivity contribution in [2.24, 2.45) is 22.9 Å². The van der Waals surface area contributed by atoms with Gasteiger partial charge in [-0.3, -0.25) is 10.1 Å². The van der Waals surface area contributed by atoms with Crippen LogP contribution in [0.3, 0.4) is 0 Å². The second-order valence-electron chi connectivity index (χ2n) is 6.38. The lowest BCUT2D eigenvalue weighted by atomic mass is 9.85. The van der Waals surface area contributed by atoms with E-state index < -0.39 is 32.8 Å². The van der Waals surface area contributed by atoms with Crippen LogP contribution in [-0.2, 0) is 10.0 Å². The molecule has 24 heavy (non-hydrogen) atoms. The number of nitro groups is 1. The smallest absolute Gasteiger partial charge is 0.312 e. The van der Waals surface area contributed by atoms with Crippen LogP contribution in [0, 0.1) is 27.9 Å². The van der Waals surface area contributed by atoms with Crippen LogP contribution in [0.15, 0.2) is 23.1 Å². The molecule has 5 atom stereocenters. The van der Waals surface area contributed by atoms with Crippen LogP contribution in [0.4, 0.5) is 5.69 Å². The number of nitrogens with zero attached hydrogens (tertiary/aromatic N) is 1. The van der Waals surface area contributed by atoms with Crippen LogP contribution in [0.5, 0.6) is 5.75 Å². The number of hydrogen-bond acceptors (Lipinski definition) is 7. The van der Waals surface area contributed by atoms with Gasteiger partial charge in [-0.1, -0.05) is 0 Å². The summed E-state index contributed by atoms with van der Waals surface area (Å²) in [6.45, 7) is 0.153. The summed E-state index contributed by atoms with van der Waals surface area (Å²) < 4.78 is 28.1. The van der Waals surface area contributed by atoms with Crippen molar-refractivity contribution in [2.45, 2.75) is 29.9 Å². The Balaban J connectivity index is 1.75. The Morgan fingerprint density at radius 3 is 2.54 bits per heavy atom. The summed E-state index contributed by atoms with van der Waals surface area (Å²) in [6, 6.07) is 3.22. The number of aliphatic hydroxyl groups is 2. The highest BCUT2D eigenvalue weighted by atomic mass is 32.2. The van der Waals surface area contributed by atoms with Crippen LogP contribution in [0.25, 0.3) is 0 Å². The Morgan fingerprint density at radius 2 is 2.00 bits per heavy atom. The van der Waals surface area contributed by atoms with Gasteiger partial charge < -0.3 is 14.9 Å². The van der Waals surface area contributed by atoms with Crippen LogP contribution in [0.1, 0.15) is 12.8 Å². The Bertz CT molecular complexity index is 764. The summed E-state index contributed by atoms with van der Waals surface area (Å²) in [4.78, 5) is 10.0. The van der Waals surface area contributed by atoms with Gasteiger partial charge in [0.05, 0.1) is 28.6 Å². The molecule has 9 nitrogen and oxygen atoms in total. The molecule has 0 radical (unpaired) electrons. The van der Waals surface area contributed by atoms with Crippen molar-refractivity contribution in [3.05, 3.63) is 28.3 Å². The van der Waals surface area contributed by atoms with Crippen LogP contribution in [-0.4, -0.2) is 42.4 Å². The number of aliphatic hydroxyl groups excluding tert-OH is 2. The zero-order chi connectivity index (χ0) is 17.6. The topological polar surface area (TPSA) is 153 Å². The van der Waals surface area contributed by atoms with Crippen LogP contribution >= 0.6 is 0 Å². The van der Waals surface area contributed by atoms with Gasteiger partial charge in [-0.15, -0.1) is 0 Å². The van der Waals surface area contributed by atoms with Gasteiger partial charge in [0.25, 0.3) is 0 Å². The first kappa shape index (κ1) is 17.1. The molecular weight excluding hydrogens is 340 g/mol. The average molecular weight is 358 g/mol. The third kappa shape index (κ3) is 2.97. The molecular formula is C14H18N2O7S. The number of ether oxygens (including phenoxy) is 1. The van der Waals surface area contributed by atoms with E-state index in [4.69, 9.17) is 9.88 Å². The fraction of sp³-hybridized carbons (Fsp3) is 0.571. The molecule has 0 aromatic heterocycles. The second kappa shape index (κ2) is 5.96. The van der Waals surface area contributed by atoms with Crippen molar-refractivity contribution in [3.8, 4) is 5.75 Å². The van der Waals surface area contributed by atoms with E-state index in [0.717, 1.165) is 12.1 Å². The van der Waals surface area contributed by atoms with Gasteiger partial charge in [0.2, 0.25) is 10.0 Å².